The van der Waals surface area contributed by atoms with Gasteiger partial charge in [0.1, 0.15) is 0 Å². The minimum atomic E-state index is -3.55. The molecule has 3 heterocycles. The van der Waals surface area contributed by atoms with Crippen LogP contribution in [0.5, 0.6) is 0 Å². The summed E-state index contributed by atoms with van der Waals surface area (Å²) in [5.74, 6) is 0.843. The molecule has 5 rings (SSSR count). The van der Waals surface area contributed by atoms with E-state index in [-0.39, 0.29) is 0 Å². The average Bonchev–Trinajstić information content (AvgIpc) is 3.48. The highest BCUT2D eigenvalue weighted by atomic mass is 32.2. The van der Waals surface area contributed by atoms with Crippen molar-refractivity contribution < 1.29 is 12.9 Å². The van der Waals surface area contributed by atoms with Crippen LogP contribution in [0.2, 0.25) is 0 Å². The molecular weight excluding hydrogens is 444 g/mol. The third-order valence-corrected chi connectivity index (χ3v) is 9.72. The summed E-state index contributed by atoms with van der Waals surface area (Å²) in [6.07, 6.45) is 6.41. The molecule has 9 heteroatoms. The van der Waals surface area contributed by atoms with Crippen LogP contribution in [0.1, 0.15) is 37.0 Å². The van der Waals surface area contributed by atoms with Crippen molar-refractivity contribution in [1.82, 2.24) is 19.3 Å². The van der Waals surface area contributed by atoms with E-state index in [1.165, 1.54) is 43.4 Å². The highest BCUT2D eigenvalue weighted by molar-refractivity contribution is 7.89. The molecule has 0 N–H and O–H groups in total. The van der Waals surface area contributed by atoms with Gasteiger partial charge in [-0.25, -0.2) is 8.42 Å². The van der Waals surface area contributed by atoms with Gasteiger partial charge in [-0.05, 0) is 25.8 Å². The zero-order valence-electron chi connectivity index (χ0n) is 18.2. The third-order valence-electron chi connectivity index (χ3n) is 6.52. The molecule has 0 amide bonds. The number of benzene rings is 1. The number of piperazine rings is 1. The Labute approximate surface area is 193 Å². The summed E-state index contributed by atoms with van der Waals surface area (Å²) >= 11 is 1.38. The first-order chi connectivity index (χ1) is 15.5. The number of thiophene rings is 1. The molecule has 2 aliphatic rings. The molecule has 32 heavy (non-hydrogen) atoms. The van der Waals surface area contributed by atoms with Gasteiger partial charge in [0.25, 0.3) is 5.89 Å². The first kappa shape index (κ1) is 21.8. The van der Waals surface area contributed by atoms with Gasteiger partial charge in [0, 0.05) is 42.7 Å². The van der Waals surface area contributed by atoms with Gasteiger partial charge in [0.2, 0.25) is 15.8 Å². The molecule has 0 radical (unpaired) electrons. The van der Waals surface area contributed by atoms with E-state index in [0.717, 1.165) is 23.5 Å². The monoisotopic (exact) mass is 472 g/mol. The fourth-order valence-electron chi connectivity index (χ4n) is 4.75. The Balaban J connectivity index is 1.32. The van der Waals surface area contributed by atoms with Crippen molar-refractivity contribution >= 4 is 21.4 Å². The van der Waals surface area contributed by atoms with Gasteiger partial charge in [-0.15, -0.1) is 11.3 Å². The largest absolute Gasteiger partial charge is 0.333 e. The summed E-state index contributed by atoms with van der Waals surface area (Å²) in [4.78, 5) is 8.74. The van der Waals surface area contributed by atoms with Crippen LogP contribution < -0.4 is 0 Å². The summed E-state index contributed by atoms with van der Waals surface area (Å²) in [5.41, 5.74) is 0.861. The van der Waals surface area contributed by atoms with E-state index in [0.29, 0.717) is 40.6 Å². The fourth-order valence-corrected chi connectivity index (χ4v) is 7.65. The van der Waals surface area contributed by atoms with Crippen molar-refractivity contribution in [2.75, 3.05) is 26.2 Å². The van der Waals surface area contributed by atoms with E-state index in [1.54, 1.807) is 10.4 Å². The molecular formula is C23H28N4O3S2. The van der Waals surface area contributed by atoms with Crippen LogP contribution >= 0.6 is 11.3 Å². The van der Waals surface area contributed by atoms with Crippen LogP contribution in [0, 0.1) is 6.92 Å². The van der Waals surface area contributed by atoms with Gasteiger partial charge >= 0.3 is 0 Å². The second-order valence-electron chi connectivity index (χ2n) is 8.55. The molecule has 1 saturated carbocycles. The summed E-state index contributed by atoms with van der Waals surface area (Å²) in [7, 11) is -3.55. The van der Waals surface area contributed by atoms with Gasteiger partial charge in [-0.3, -0.25) is 4.90 Å². The second kappa shape index (κ2) is 9.05. The van der Waals surface area contributed by atoms with Crippen LogP contribution in [0.3, 0.4) is 0 Å². The lowest BCUT2D eigenvalue weighted by atomic mass is 9.94. The first-order valence-electron chi connectivity index (χ1n) is 11.3. The average molecular weight is 473 g/mol. The zero-order chi connectivity index (χ0) is 22.1. The Morgan fingerprint density at radius 2 is 1.75 bits per heavy atom. The lowest BCUT2D eigenvalue weighted by Crippen LogP contribution is -2.52. The molecule has 1 aromatic carbocycles. The molecule has 1 aliphatic heterocycles. The highest BCUT2D eigenvalue weighted by Gasteiger charge is 2.33. The van der Waals surface area contributed by atoms with Gasteiger partial charge in [0.05, 0.1) is 9.77 Å². The van der Waals surface area contributed by atoms with E-state index in [2.05, 4.69) is 15.0 Å². The van der Waals surface area contributed by atoms with E-state index < -0.39 is 10.0 Å². The standard InChI is InChI=1S/C23H28N4O3S2/c1-17-21(16-20(31-17)23-24-22(25-30-23)18-8-4-2-5-9-18)32(28,29)27-14-12-26(13-15-27)19-10-6-3-7-11-19/h2,4-5,8-9,16,19H,3,6-7,10-15H2,1H3. The lowest BCUT2D eigenvalue weighted by Gasteiger charge is -2.40. The quantitative estimate of drug-likeness (QED) is 0.547. The Kier molecular flexibility index (Phi) is 6.16. The first-order valence-corrected chi connectivity index (χ1v) is 13.5. The molecule has 0 bridgehead atoms. The Hall–Kier alpha value is -2.07. The molecule has 0 atom stereocenters. The van der Waals surface area contributed by atoms with Crippen molar-refractivity contribution in [2.24, 2.45) is 0 Å². The maximum Gasteiger partial charge on any atom is 0.268 e. The molecule has 2 aromatic heterocycles. The van der Waals surface area contributed by atoms with E-state index in [4.69, 9.17) is 4.52 Å². The predicted molar refractivity (Wildman–Crippen MR) is 125 cm³/mol. The second-order valence-corrected chi connectivity index (χ2v) is 11.7. The van der Waals surface area contributed by atoms with Crippen molar-refractivity contribution in [3.63, 3.8) is 0 Å². The third kappa shape index (κ3) is 4.26. The van der Waals surface area contributed by atoms with E-state index >= 15 is 0 Å². The topological polar surface area (TPSA) is 79.5 Å². The van der Waals surface area contributed by atoms with Crippen LogP contribution in [0.15, 0.2) is 45.8 Å². The number of nitrogens with zero attached hydrogens (tertiary/aromatic N) is 4. The van der Waals surface area contributed by atoms with Gasteiger partial charge in [-0.2, -0.15) is 9.29 Å². The number of rotatable bonds is 5. The Bertz CT molecular complexity index is 1160. The molecule has 7 nitrogen and oxygen atoms in total. The molecule has 170 valence electrons. The summed E-state index contributed by atoms with van der Waals surface area (Å²) < 4.78 is 33.9. The number of hydrogen-bond donors (Lipinski definition) is 0. The fraction of sp³-hybridized carbons (Fsp3) is 0.478. The van der Waals surface area contributed by atoms with Crippen LogP contribution in [0.25, 0.3) is 22.2 Å². The van der Waals surface area contributed by atoms with Crippen LogP contribution in [0.4, 0.5) is 0 Å². The lowest BCUT2D eigenvalue weighted by molar-refractivity contribution is 0.111. The van der Waals surface area contributed by atoms with Crippen LogP contribution in [-0.4, -0.2) is 60.0 Å². The number of hydrogen-bond acceptors (Lipinski definition) is 7. The van der Waals surface area contributed by atoms with Gasteiger partial charge < -0.3 is 4.52 Å². The molecule has 3 aromatic rings. The normalized spacial score (nSPS) is 19.4. The zero-order valence-corrected chi connectivity index (χ0v) is 19.9. The van der Waals surface area contributed by atoms with E-state index in [1.807, 2.05) is 37.3 Å². The SMILES string of the molecule is Cc1sc(-c2nc(-c3ccccc3)no2)cc1S(=O)(=O)N1CCN(C2CCCCC2)CC1. The summed E-state index contributed by atoms with van der Waals surface area (Å²) in [6.45, 7) is 4.55. The van der Waals surface area contributed by atoms with Crippen molar-refractivity contribution in [3.05, 3.63) is 41.3 Å². The maximum absolute atomic E-state index is 13.4. The number of aryl methyl sites for hydroxylation is 1. The van der Waals surface area contributed by atoms with Crippen molar-refractivity contribution in [3.8, 4) is 22.2 Å². The van der Waals surface area contributed by atoms with Crippen molar-refractivity contribution in [2.45, 2.75) is 50.0 Å². The smallest absolute Gasteiger partial charge is 0.268 e. The summed E-state index contributed by atoms with van der Waals surface area (Å²) in [5, 5.41) is 4.06. The number of sulfonamides is 1. The summed E-state index contributed by atoms with van der Waals surface area (Å²) in [6, 6.07) is 11.9. The molecule has 1 aliphatic carbocycles. The predicted octanol–water partition coefficient (Wildman–Crippen LogP) is 4.41. The highest BCUT2D eigenvalue weighted by Crippen LogP contribution is 2.35. The minimum absolute atomic E-state index is 0.348. The maximum atomic E-state index is 13.4. The molecule has 0 unspecified atom stereocenters. The minimum Gasteiger partial charge on any atom is -0.333 e. The molecule has 0 spiro atoms. The molecule has 2 fully saturated rings. The van der Waals surface area contributed by atoms with Gasteiger partial charge in [0.15, 0.2) is 0 Å². The van der Waals surface area contributed by atoms with Crippen LogP contribution in [-0.2, 0) is 10.0 Å². The van der Waals surface area contributed by atoms with Gasteiger partial charge in [-0.1, -0.05) is 54.8 Å². The van der Waals surface area contributed by atoms with Crippen molar-refractivity contribution in [1.29, 1.82) is 0 Å². The Morgan fingerprint density at radius 3 is 2.47 bits per heavy atom. The number of aromatic nitrogens is 2. The van der Waals surface area contributed by atoms with E-state index in [9.17, 15) is 8.42 Å². The Morgan fingerprint density at radius 1 is 1.03 bits per heavy atom. The molecule has 1 saturated heterocycles.